The number of nitriles is 1. The molecule has 0 bridgehead atoms. The third-order valence-electron chi connectivity index (χ3n) is 2.64. The number of hydrogen-bond acceptors (Lipinski definition) is 3. The Kier molecular flexibility index (Phi) is 4.89. The van der Waals surface area contributed by atoms with Gasteiger partial charge in [0.05, 0.1) is 16.9 Å². The van der Waals surface area contributed by atoms with Crippen LogP contribution in [0.5, 0.6) is 0 Å². The molecule has 5 heteroatoms. The van der Waals surface area contributed by atoms with E-state index in [1.54, 1.807) is 30.0 Å². The predicted octanol–water partition coefficient (Wildman–Crippen LogP) is 5.21. The number of nitrogens with zero attached hydrogens (tertiary/aromatic N) is 1. The molecule has 0 amide bonds. The minimum Gasteiger partial charge on any atom is -0.352 e. The Balaban J connectivity index is 2.38. The van der Waals surface area contributed by atoms with Gasteiger partial charge >= 0.3 is 0 Å². The van der Waals surface area contributed by atoms with Crippen LogP contribution in [0.4, 0.5) is 15.8 Å². The Morgan fingerprint density at radius 1 is 1.30 bits per heavy atom. The van der Waals surface area contributed by atoms with Crippen molar-refractivity contribution in [1.82, 2.24) is 0 Å². The summed E-state index contributed by atoms with van der Waals surface area (Å²) in [6.07, 6.45) is 0. The monoisotopic (exact) mass is 306 g/mol. The largest absolute Gasteiger partial charge is 0.352 e. The predicted molar refractivity (Wildman–Crippen MR) is 82.2 cm³/mol. The molecule has 0 aliphatic rings. The fraction of sp³-hybridized carbons (Fsp3) is 0.133. The zero-order chi connectivity index (χ0) is 14.5. The lowest BCUT2D eigenvalue weighted by atomic mass is 10.2. The molecule has 0 heterocycles. The minimum atomic E-state index is -0.449. The molecule has 2 aromatic carbocycles. The number of halogens is 2. The van der Waals surface area contributed by atoms with Gasteiger partial charge in [0.25, 0.3) is 0 Å². The quantitative estimate of drug-likeness (QED) is 0.788. The van der Waals surface area contributed by atoms with Gasteiger partial charge in [-0.3, -0.25) is 0 Å². The first-order valence-electron chi connectivity index (χ1n) is 6.03. The number of hydrogen-bond donors (Lipinski definition) is 1. The van der Waals surface area contributed by atoms with E-state index in [1.807, 2.05) is 19.1 Å². The summed E-state index contributed by atoms with van der Waals surface area (Å²) in [4.78, 5) is 0.884. The second-order valence-corrected chi connectivity index (χ2v) is 5.71. The van der Waals surface area contributed by atoms with E-state index in [2.05, 4.69) is 11.4 Å². The van der Waals surface area contributed by atoms with Gasteiger partial charge in [-0.1, -0.05) is 24.6 Å². The van der Waals surface area contributed by atoms with Gasteiger partial charge in [0, 0.05) is 9.92 Å². The summed E-state index contributed by atoms with van der Waals surface area (Å²) >= 11 is 7.30. The van der Waals surface area contributed by atoms with E-state index in [0.29, 0.717) is 22.0 Å². The maximum Gasteiger partial charge on any atom is 0.148 e. The number of nitrogens with one attached hydrogen (secondary N) is 1. The smallest absolute Gasteiger partial charge is 0.148 e. The van der Waals surface area contributed by atoms with Gasteiger partial charge < -0.3 is 5.32 Å². The fourth-order valence-corrected chi connectivity index (χ4v) is 2.71. The highest BCUT2D eigenvalue weighted by Gasteiger charge is 2.10. The van der Waals surface area contributed by atoms with E-state index in [0.717, 1.165) is 10.6 Å². The van der Waals surface area contributed by atoms with Gasteiger partial charge in [-0.15, -0.1) is 11.8 Å². The van der Waals surface area contributed by atoms with Crippen LogP contribution >= 0.6 is 23.4 Å². The molecule has 0 unspecified atom stereocenters. The lowest BCUT2D eigenvalue weighted by molar-refractivity contribution is 0.632. The first kappa shape index (κ1) is 14.7. The van der Waals surface area contributed by atoms with Crippen LogP contribution in [0, 0.1) is 17.1 Å². The maximum atomic E-state index is 13.8. The van der Waals surface area contributed by atoms with Crippen LogP contribution in [0.2, 0.25) is 5.02 Å². The Labute approximate surface area is 126 Å². The average Bonchev–Trinajstić information content (AvgIpc) is 2.42. The number of thioether (sulfide) groups is 1. The molecule has 1 N–H and O–H groups in total. The van der Waals surface area contributed by atoms with E-state index in [9.17, 15) is 9.65 Å². The van der Waals surface area contributed by atoms with Crippen LogP contribution in [-0.2, 0) is 0 Å². The molecule has 0 radical (unpaired) electrons. The standard InChI is InChI=1S/C15H12ClFN2S/c1-2-20-15-5-3-4-13(11(15)9-18)19-14-7-6-10(16)8-12(14)17/h3-8,19H,2H2,1H3. The first-order chi connectivity index (χ1) is 9.65. The summed E-state index contributed by atoms with van der Waals surface area (Å²) in [5.74, 6) is 0.419. The van der Waals surface area contributed by atoms with Crippen LogP contribution in [-0.4, -0.2) is 5.75 Å². The summed E-state index contributed by atoms with van der Waals surface area (Å²) in [6, 6.07) is 12.0. The molecule has 0 atom stereocenters. The maximum absolute atomic E-state index is 13.8. The zero-order valence-corrected chi connectivity index (χ0v) is 12.4. The van der Waals surface area contributed by atoms with Gasteiger partial charge in [-0.2, -0.15) is 5.26 Å². The number of anilines is 2. The van der Waals surface area contributed by atoms with Gasteiger partial charge in [0.2, 0.25) is 0 Å². The van der Waals surface area contributed by atoms with Gasteiger partial charge in [-0.05, 0) is 36.1 Å². The van der Waals surface area contributed by atoms with E-state index < -0.39 is 5.82 Å². The normalized spacial score (nSPS) is 10.1. The van der Waals surface area contributed by atoms with Crippen molar-refractivity contribution in [2.75, 3.05) is 11.1 Å². The highest BCUT2D eigenvalue weighted by Crippen LogP contribution is 2.31. The van der Waals surface area contributed by atoms with Crippen molar-refractivity contribution in [3.63, 3.8) is 0 Å². The van der Waals surface area contributed by atoms with Gasteiger partial charge in [-0.25, -0.2) is 4.39 Å². The molecule has 0 aliphatic heterocycles. The molecular weight excluding hydrogens is 295 g/mol. The van der Waals surface area contributed by atoms with Crippen molar-refractivity contribution < 1.29 is 4.39 Å². The van der Waals surface area contributed by atoms with Gasteiger partial charge in [0.1, 0.15) is 11.9 Å². The summed E-state index contributed by atoms with van der Waals surface area (Å²) in [5.41, 5.74) is 1.41. The highest BCUT2D eigenvalue weighted by atomic mass is 35.5. The van der Waals surface area contributed by atoms with E-state index >= 15 is 0 Å². The fourth-order valence-electron chi connectivity index (χ4n) is 1.76. The highest BCUT2D eigenvalue weighted by molar-refractivity contribution is 7.99. The molecule has 0 saturated heterocycles. The van der Waals surface area contributed by atoms with Crippen molar-refractivity contribution in [2.45, 2.75) is 11.8 Å². The van der Waals surface area contributed by atoms with Crippen LogP contribution in [0.15, 0.2) is 41.3 Å². The molecular formula is C15H12ClFN2S. The zero-order valence-electron chi connectivity index (χ0n) is 10.8. The van der Waals surface area contributed by atoms with E-state index in [4.69, 9.17) is 11.6 Å². The van der Waals surface area contributed by atoms with Gasteiger partial charge in [0.15, 0.2) is 0 Å². The molecule has 2 nitrogen and oxygen atoms in total. The Morgan fingerprint density at radius 3 is 2.75 bits per heavy atom. The summed E-state index contributed by atoms with van der Waals surface area (Å²) in [5, 5.41) is 12.6. The molecule has 0 saturated carbocycles. The molecule has 0 aliphatic carbocycles. The molecule has 2 aromatic rings. The van der Waals surface area contributed by atoms with Crippen molar-refractivity contribution >= 4 is 34.7 Å². The average molecular weight is 307 g/mol. The number of rotatable bonds is 4. The summed E-state index contributed by atoms with van der Waals surface area (Å²) < 4.78 is 13.8. The van der Waals surface area contributed by atoms with E-state index in [-0.39, 0.29) is 0 Å². The topological polar surface area (TPSA) is 35.8 Å². The third kappa shape index (κ3) is 3.24. The molecule has 0 aromatic heterocycles. The lowest BCUT2D eigenvalue weighted by Crippen LogP contribution is -1.97. The van der Waals surface area contributed by atoms with Crippen LogP contribution < -0.4 is 5.32 Å². The van der Waals surface area contributed by atoms with Crippen LogP contribution in [0.3, 0.4) is 0 Å². The van der Waals surface area contributed by atoms with Crippen molar-refractivity contribution in [1.29, 1.82) is 5.26 Å². The summed E-state index contributed by atoms with van der Waals surface area (Å²) in [7, 11) is 0. The van der Waals surface area contributed by atoms with Crippen molar-refractivity contribution in [3.8, 4) is 6.07 Å². The van der Waals surface area contributed by atoms with Crippen LogP contribution in [0.1, 0.15) is 12.5 Å². The Hall–Kier alpha value is -1.70. The third-order valence-corrected chi connectivity index (χ3v) is 3.81. The SMILES string of the molecule is CCSc1cccc(Nc2ccc(Cl)cc2F)c1C#N. The van der Waals surface area contributed by atoms with E-state index in [1.165, 1.54) is 6.07 Å². The van der Waals surface area contributed by atoms with Crippen molar-refractivity contribution in [3.05, 3.63) is 52.8 Å². The Bertz CT molecular complexity index is 667. The van der Waals surface area contributed by atoms with Crippen LogP contribution in [0.25, 0.3) is 0 Å². The molecule has 20 heavy (non-hydrogen) atoms. The first-order valence-corrected chi connectivity index (χ1v) is 7.40. The Morgan fingerprint density at radius 2 is 2.10 bits per heavy atom. The van der Waals surface area contributed by atoms with Crippen molar-refractivity contribution in [2.24, 2.45) is 0 Å². The molecule has 0 spiro atoms. The molecule has 0 fully saturated rings. The number of benzene rings is 2. The molecule has 2 rings (SSSR count). The second-order valence-electron chi connectivity index (χ2n) is 3.97. The second kappa shape index (κ2) is 6.65. The minimum absolute atomic E-state index is 0.296. The lowest BCUT2D eigenvalue weighted by Gasteiger charge is -2.11. The molecule has 102 valence electrons. The summed E-state index contributed by atoms with van der Waals surface area (Å²) in [6.45, 7) is 2.02.